The lowest BCUT2D eigenvalue weighted by molar-refractivity contribution is 0.387. The fourth-order valence-electron chi connectivity index (χ4n) is 2.01. The van der Waals surface area contributed by atoms with Crippen LogP contribution in [0.1, 0.15) is 6.42 Å². The Morgan fingerprint density at radius 2 is 2.11 bits per heavy atom. The molecule has 1 aliphatic heterocycles. The summed E-state index contributed by atoms with van der Waals surface area (Å²) < 4.78 is 39.6. The molecule has 1 aromatic carbocycles. The Kier molecular flexibility index (Phi) is 4.37. The quantitative estimate of drug-likeness (QED) is 0.865. The monoisotopic (exact) mass is 326 g/mol. The Hall–Kier alpha value is -0.400. The average molecular weight is 327 g/mol. The molecule has 1 N–H and O–H groups in total. The van der Waals surface area contributed by atoms with Crippen LogP contribution >= 0.6 is 23.2 Å². The molecule has 1 aromatic rings. The van der Waals surface area contributed by atoms with E-state index in [9.17, 15) is 12.8 Å². The van der Waals surface area contributed by atoms with Gasteiger partial charge in [-0.3, -0.25) is 0 Å². The second-order valence-electron chi connectivity index (χ2n) is 4.34. The van der Waals surface area contributed by atoms with Crippen molar-refractivity contribution in [3.05, 3.63) is 28.0 Å². The Morgan fingerprint density at radius 1 is 1.42 bits per heavy atom. The largest absolute Gasteiger partial charge is 0.315 e. The van der Waals surface area contributed by atoms with Crippen molar-refractivity contribution >= 4 is 33.2 Å². The number of sulfonamides is 1. The van der Waals surface area contributed by atoms with Crippen molar-refractivity contribution in [1.29, 1.82) is 0 Å². The number of hydrogen-bond donors (Lipinski definition) is 1. The summed E-state index contributed by atoms with van der Waals surface area (Å²) in [5.41, 5.74) is 0. The number of rotatable bonds is 3. The molecule has 0 bridgehead atoms. The minimum atomic E-state index is -3.83. The predicted molar refractivity (Wildman–Crippen MR) is 72.6 cm³/mol. The van der Waals surface area contributed by atoms with E-state index in [2.05, 4.69) is 5.32 Å². The smallest absolute Gasteiger partial charge is 0.244 e. The molecule has 1 heterocycles. The molecule has 8 heteroatoms. The van der Waals surface area contributed by atoms with E-state index in [4.69, 9.17) is 23.2 Å². The lowest BCUT2D eigenvalue weighted by Crippen LogP contribution is -2.38. The van der Waals surface area contributed by atoms with Gasteiger partial charge in [-0.15, -0.1) is 0 Å². The zero-order valence-electron chi connectivity index (χ0n) is 10.2. The topological polar surface area (TPSA) is 49.4 Å². The average Bonchev–Trinajstić information content (AvgIpc) is 2.88. The number of nitrogens with one attached hydrogen (secondary N) is 1. The molecule has 106 valence electrons. The molecule has 1 saturated heterocycles. The van der Waals surface area contributed by atoms with Crippen molar-refractivity contribution in [3.63, 3.8) is 0 Å². The van der Waals surface area contributed by atoms with E-state index in [0.29, 0.717) is 13.0 Å². The first-order chi connectivity index (χ1) is 8.85. The SMILES string of the molecule is CN(C1CCNC1)S(=O)(=O)c1ccc(Cl)c(F)c1Cl. The summed E-state index contributed by atoms with van der Waals surface area (Å²) in [5.74, 6) is -0.914. The highest BCUT2D eigenvalue weighted by Crippen LogP contribution is 2.31. The number of halogens is 3. The maximum Gasteiger partial charge on any atom is 0.244 e. The molecule has 4 nitrogen and oxygen atoms in total. The fourth-order valence-corrected chi connectivity index (χ4v) is 4.11. The fraction of sp³-hybridized carbons (Fsp3) is 0.455. The molecule has 0 amide bonds. The molecule has 1 atom stereocenters. The van der Waals surface area contributed by atoms with E-state index in [-0.39, 0.29) is 16.0 Å². The lowest BCUT2D eigenvalue weighted by atomic mass is 10.3. The summed E-state index contributed by atoms with van der Waals surface area (Å²) in [4.78, 5) is -0.259. The van der Waals surface area contributed by atoms with Crippen molar-refractivity contribution in [1.82, 2.24) is 9.62 Å². The van der Waals surface area contributed by atoms with Gasteiger partial charge >= 0.3 is 0 Å². The number of benzene rings is 1. The normalized spacial score (nSPS) is 20.2. The van der Waals surface area contributed by atoms with Gasteiger partial charge in [0.05, 0.1) is 10.0 Å². The highest BCUT2D eigenvalue weighted by molar-refractivity contribution is 7.89. The maximum atomic E-state index is 13.6. The van der Waals surface area contributed by atoms with Crippen molar-refractivity contribution in [2.75, 3.05) is 20.1 Å². The van der Waals surface area contributed by atoms with Crippen molar-refractivity contribution < 1.29 is 12.8 Å². The van der Waals surface area contributed by atoms with E-state index in [1.807, 2.05) is 0 Å². The second-order valence-corrected chi connectivity index (χ2v) is 7.09. The van der Waals surface area contributed by atoms with Gasteiger partial charge in [0.15, 0.2) is 5.82 Å². The van der Waals surface area contributed by atoms with Gasteiger partial charge in [0.25, 0.3) is 0 Å². The van der Waals surface area contributed by atoms with Crippen LogP contribution in [0.4, 0.5) is 4.39 Å². The van der Waals surface area contributed by atoms with Crippen LogP contribution in [0, 0.1) is 5.82 Å². The number of hydrogen-bond acceptors (Lipinski definition) is 3. The van der Waals surface area contributed by atoms with Gasteiger partial charge in [0.2, 0.25) is 10.0 Å². The van der Waals surface area contributed by atoms with E-state index in [1.165, 1.54) is 23.5 Å². The van der Waals surface area contributed by atoms with Crippen molar-refractivity contribution in [2.24, 2.45) is 0 Å². The molecule has 0 aromatic heterocycles. The molecular formula is C11H13Cl2FN2O2S. The molecule has 0 saturated carbocycles. The van der Waals surface area contributed by atoms with Crippen LogP contribution in [-0.2, 0) is 10.0 Å². The summed E-state index contributed by atoms with van der Waals surface area (Å²) in [5, 5.41) is 2.41. The van der Waals surface area contributed by atoms with Crippen LogP contribution in [0.25, 0.3) is 0 Å². The summed E-state index contributed by atoms with van der Waals surface area (Å²) >= 11 is 11.3. The first-order valence-electron chi connectivity index (χ1n) is 5.68. The molecular weight excluding hydrogens is 314 g/mol. The predicted octanol–water partition coefficient (Wildman–Crippen LogP) is 2.11. The van der Waals surface area contributed by atoms with E-state index < -0.39 is 20.9 Å². The summed E-state index contributed by atoms with van der Waals surface area (Å²) in [7, 11) is -2.36. The first kappa shape index (κ1) is 15.0. The molecule has 1 unspecified atom stereocenters. The van der Waals surface area contributed by atoms with E-state index in [0.717, 1.165) is 6.54 Å². The minimum absolute atomic E-state index is 0.153. The number of likely N-dealkylation sites (N-methyl/N-ethyl adjacent to an activating group) is 1. The zero-order chi connectivity index (χ0) is 14.2. The third-order valence-corrected chi connectivity index (χ3v) is 5.93. The highest BCUT2D eigenvalue weighted by atomic mass is 35.5. The van der Waals surface area contributed by atoms with Crippen LogP contribution in [0.3, 0.4) is 0 Å². The summed E-state index contributed by atoms with van der Waals surface area (Å²) in [6.45, 7) is 1.33. The Labute approximate surface area is 121 Å². The number of nitrogens with zero attached hydrogens (tertiary/aromatic N) is 1. The third kappa shape index (κ3) is 2.73. The maximum absolute atomic E-state index is 13.6. The van der Waals surface area contributed by atoms with Crippen molar-refractivity contribution in [2.45, 2.75) is 17.4 Å². The van der Waals surface area contributed by atoms with Crippen LogP contribution in [0.5, 0.6) is 0 Å². The first-order valence-corrected chi connectivity index (χ1v) is 7.87. The van der Waals surface area contributed by atoms with Gasteiger partial charge in [-0.25, -0.2) is 12.8 Å². The van der Waals surface area contributed by atoms with Gasteiger partial charge < -0.3 is 5.32 Å². The van der Waals surface area contributed by atoms with E-state index in [1.54, 1.807) is 0 Å². The minimum Gasteiger partial charge on any atom is -0.315 e. The van der Waals surface area contributed by atoms with Gasteiger partial charge in [-0.1, -0.05) is 23.2 Å². The standard InChI is InChI=1S/C11H13Cl2FN2O2S/c1-16(7-4-5-15-6-7)19(17,18)9-3-2-8(12)11(14)10(9)13/h2-3,7,15H,4-6H2,1H3. The third-order valence-electron chi connectivity index (χ3n) is 3.21. The second kappa shape index (κ2) is 5.54. The lowest BCUT2D eigenvalue weighted by Gasteiger charge is -2.23. The van der Waals surface area contributed by atoms with Crippen LogP contribution < -0.4 is 5.32 Å². The zero-order valence-corrected chi connectivity index (χ0v) is 12.5. The van der Waals surface area contributed by atoms with Gasteiger partial charge in [-0.05, 0) is 25.1 Å². The van der Waals surface area contributed by atoms with Gasteiger partial charge in [0.1, 0.15) is 4.90 Å². The summed E-state index contributed by atoms with van der Waals surface area (Å²) in [6.07, 6.45) is 0.712. The molecule has 0 spiro atoms. The van der Waals surface area contributed by atoms with Crippen LogP contribution in [0.15, 0.2) is 17.0 Å². The molecule has 2 rings (SSSR count). The molecule has 1 fully saturated rings. The molecule has 1 aliphatic rings. The highest BCUT2D eigenvalue weighted by Gasteiger charge is 2.32. The van der Waals surface area contributed by atoms with Crippen LogP contribution in [0.2, 0.25) is 10.0 Å². The molecule has 0 radical (unpaired) electrons. The van der Waals surface area contributed by atoms with Gasteiger partial charge in [-0.2, -0.15) is 4.31 Å². The van der Waals surface area contributed by atoms with Crippen molar-refractivity contribution in [3.8, 4) is 0 Å². The Balaban J connectivity index is 2.42. The Morgan fingerprint density at radius 3 is 2.68 bits per heavy atom. The van der Waals surface area contributed by atoms with Gasteiger partial charge in [0, 0.05) is 19.6 Å². The Bertz CT molecular complexity index is 589. The molecule has 0 aliphatic carbocycles. The summed E-state index contributed by atoms with van der Waals surface area (Å²) in [6, 6.07) is 2.26. The van der Waals surface area contributed by atoms with E-state index >= 15 is 0 Å². The molecule has 19 heavy (non-hydrogen) atoms. The van der Waals surface area contributed by atoms with Crippen LogP contribution in [-0.4, -0.2) is 38.9 Å².